The summed E-state index contributed by atoms with van der Waals surface area (Å²) in [6.45, 7) is 0. The SMILES string of the molecule is O=C(NNC(=O)c1ccncc1)Nc1ccc2ccccc2c1. The number of fused-ring (bicyclic) bond motifs is 1. The van der Waals surface area contributed by atoms with E-state index in [0.717, 1.165) is 10.8 Å². The van der Waals surface area contributed by atoms with E-state index in [9.17, 15) is 9.59 Å². The Bertz CT molecular complexity index is 849. The first-order valence-electron chi connectivity index (χ1n) is 6.98. The third-order valence-electron chi connectivity index (χ3n) is 3.24. The summed E-state index contributed by atoms with van der Waals surface area (Å²) in [7, 11) is 0. The molecule has 0 saturated carbocycles. The van der Waals surface area contributed by atoms with Crippen LogP contribution in [-0.4, -0.2) is 16.9 Å². The molecule has 0 unspecified atom stereocenters. The van der Waals surface area contributed by atoms with E-state index in [1.54, 1.807) is 18.2 Å². The number of anilines is 1. The predicted octanol–water partition coefficient (Wildman–Crippen LogP) is 2.70. The Hall–Kier alpha value is -3.41. The molecule has 6 heteroatoms. The van der Waals surface area contributed by atoms with Gasteiger partial charge in [0, 0.05) is 23.6 Å². The van der Waals surface area contributed by atoms with Crippen LogP contribution in [0.5, 0.6) is 0 Å². The highest BCUT2D eigenvalue weighted by molar-refractivity contribution is 5.97. The summed E-state index contributed by atoms with van der Waals surface area (Å²) in [5.41, 5.74) is 5.68. The van der Waals surface area contributed by atoms with Gasteiger partial charge >= 0.3 is 6.03 Å². The van der Waals surface area contributed by atoms with Gasteiger partial charge in [0.05, 0.1) is 0 Å². The van der Waals surface area contributed by atoms with Crippen molar-refractivity contribution >= 4 is 28.4 Å². The Kier molecular flexibility index (Phi) is 4.15. The van der Waals surface area contributed by atoms with Gasteiger partial charge in [-0.15, -0.1) is 0 Å². The maximum Gasteiger partial charge on any atom is 0.337 e. The summed E-state index contributed by atoms with van der Waals surface area (Å²) in [6, 6.07) is 16.0. The number of hydrogen-bond acceptors (Lipinski definition) is 3. The minimum absolute atomic E-state index is 0.408. The Morgan fingerprint density at radius 2 is 1.57 bits per heavy atom. The third-order valence-corrected chi connectivity index (χ3v) is 3.24. The lowest BCUT2D eigenvalue weighted by molar-refractivity contribution is 0.0938. The highest BCUT2D eigenvalue weighted by Gasteiger charge is 2.07. The molecule has 0 bridgehead atoms. The van der Waals surface area contributed by atoms with Gasteiger partial charge in [0.2, 0.25) is 0 Å². The van der Waals surface area contributed by atoms with Gasteiger partial charge in [-0.3, -0.25) is 15.2 Å². The summed E-state index contributed by atoms with van der Waals surface area (Å²) in [5, 5.41) is 4.77. The average molecular weight is 306 g/mol. The van der Waals surface area contributed by atoms with Gasteiger partial charge in [0.1, 0.15) is 0 Å². The zero-order chi connectivity index (χ0) is 16.1. The van der Waals surface area contributed by atoms with Crippen LogP contribution in [0.15, 0.2) is 67.0 Å². The van der Waals surface area contributed by atoms with Crippen LogP contribution in [0.4, 0.5) is 10.5 Å². The molecule has 3 rings (SSSR count). The zero-order valence-electron chi connectivity index (χ0n) is 12.1. The van der Waals surface area contributed by atoms with Crippen LogP contribution in [0.2, 0.25) is 0 Å². The monoisotopic (exact) mass is 306 g/mol. The molecule has 6 nitrogen and oxygen atoms in total. The van der Waals surface area contributed by atoms with Crippen molar-refractivity contribution in [2.75, 3.05) is 5.32 Å². The Morgan fingerprint density at radius 3 is 2.35 bits per heavy atom. The highest BCUT2D eigenvalue weighted by Crippen LogP contribution is 2.18. The molecular weight excluding hydrogens is 292 g/mol. The smallest absolute Gasteiger partial charge is 0.307 e. The number of nitrogens with one attached hydrogen (secondary N) is 3. The molecule has 2 aromatic carbocycles. The summed E-state index contributed by atoms with van der Waals surface area (Å²) in [4.78, 5) is 27.5. The molecule has 0 aliphatic rings. The van der Waals surface area contributed by atoms with Crippen molar-refractivity contribution in [2.24, 2.45) is 0 Å². The number of hydrogen-bond donors (Lipinski definition) is 3. The summed E-state index contributed by atoms with van der Waals surface area (Å²) in [5.74, 6) is -0.416. The zero-order valence-corrected chi connectivity index (χ0v) is 12.1. The fraction of sp³-hybridized carbons (Fsp3) is 0. The van der Waals surface area contributed by atoms with Gasteiger partial charge in [-0.25, -0.2) is 10.2 Å². The molecule has 0 radical (unpaired) electrons. The largest absolute Gasteiger partial charge is 0.337 e. The number of hydrazine groups is 1. The van der Waals surface area contributed by atoms with Crippen molar-refractivity contribution in [1.29, 1.82) is 0 Å². The van der Waals surface area contributed by atoms with E-state index in [2.05, 4.69) is 21.2 Å². The van der Waals surface area contributed by atoms with E-state index in [1.165, 1.54) is 12.4 Å². The molecule has 0 saturated heterocycles. The maximum atomic E-state index is 11.8. The standard InChI is InChI=1S/C17H14N4O2/c22-16(13-7-9-18-10-8-13)20-21-17(23)19-15-6-5-12-3-1-2-4-14(12)11-15/h1-11H,(H,20,22)(H2,19,21,23). The van der Waals surface area contributed by atoms with Crippen LogP contribution in [-0.2, 0) is 0 Å². The molecule has 0 spiro atoms. The number of carbonyl (C=O) groups excluding carboxylic acids is 2. The molecule has 1 heterocycles. The lowest BCUT2D eigenvalue weighted by Crippen LogP contribution is -2.43. The molecule has 23 heavy (non-hydrogen) atoms. The fourth-order valence-electron chi connectivity index (χ4n) is 2.12. The predicted molar refractivity (Wildman–Crippen MR) is 87.8 cm³/mol. The lowest BCUT2D eigenvalue weighted by Gasteiger charge is -2.09. The number of nitrogens with zero attached hydrogens (tertiary/aromatic N) is 1. The van der Waals surface area contributed by atoms with Gasteiger partial charge in [-0.2, -0.15) is 0 Å². The van der Waals surface area contributed by atoms with Gasteiger partial charge in [0.15, 0.2) is 0 Å². The number of carbonyl (C=O) groups is 2. The first-order valence-corrected chi connectivity index (χ1v) is 6.98. The molecular formula is C17H14N4O2. The second-order valence-electron chi connectivity index (χ2n) is 4.83. The number of rotatable bonds is 2. The second-order valence-corrected chi connectivity index (χ2v) is 4.83. The Morgan fingerprint density at radius 1 is 0.826 bits per heavy atom. The number of pyridine rings is 1. The fourth-order valence-corrected chi connectivity index (χ4v) is 2.12. The second kappa shape index (κ2) is 6.57. The number of amides is 3. The molecule has 3 amide bonds. The average Bonchev–Trinajstić information content (AvgIpc) is 2.60. The van der Waals surface area contributed by atoms with Crippen molar-refractivity contribution in [3.8, 4) is 0 Å². The number of benzene rings is 2. The molecule has 3 N–H and O–H groups in total. The van der Waals surface area contributed by atoms with E-state index < -0.39 is 11.9 Å². The van der Waals surface area contributed by atoms with E-state index in [0.29, 0.717) is 11.3 Å². The molecule has 0 aliphatic carbocycles. The van der Waals surface area contributed by atoms with Crippen molar-refractivity contribution in [1.82, 2.24) is 15.8 Å². The van der Waals surface area contributed by atoms with Crippen LogP contribution in [0.3, 0.4) is 0 Å². The first-order chi connectivity index (χ1) is 11.2. The molecule has 0 atom stereocenters. The van der Waals surface area contributed by atoms with Crippen molar-refractivity contribution < 1.29 is 9.59 Å². The number of urea groups is 1. The molecule has 0 fully saturated rings. The van der Waals surface area contributed by atoms with Crippen LogP contribution < -0.4 is 16.2 Å². The Labute approximate surface area is 132 Å². The van der Waals surface area contributed by atoms with Gasteiger partial charge < -0.3 is 5.32 Å². The van der Waals surface area contributed by atoms with Crippen LogP contribution in [0, 0.1) is 0 Å². The van der Waals surface area contributed by atoms with Crippen LogP contribution in [0.1, 0.15) is 10.4 Å². The van der Waals surface area contributed by atoms with Gasteiger partial charge in [-0.05, 0) is 35.0 Å². The van der Waals surface area contributed by atoms with Crippen molar-refractivity contribution in [2.45, 2.75) is 0 Å². The molecule has 0 aliphatic heterocycles. The molecule has 3 aromatic rings. The summed E-state index contributed by atoms with van der Waals surface area (Å²) >= 11 is 0. The van der Waals surface area contributed by atoms with Crippen LogP contribution >= 0.6 is 0 Å². The lowest BCUT2D eigenvalue weighted by atomic mass is 10.1. The minimum atomic E-state index is -0.525. The van der Waals surface area contributed by atoms with E-state index in [4.69, 9.17) is 0 Å². The summed E-state index contributed by atoms with van der Waals surface area (Å²) in [6.07, 6.45) is 3.01. The normalized spacial score (nSPS) is 10.1. The quantitative estimate of drug-likeness (QED) is 0.637. The van der Waals surface area contributed by atoms with Crippen LogP contribution in [0.25, 0.3) is 10.8 Å². The number of aromatic nitrogens is 1. The molecule has 114 valence electrons. The van der Waals surface area contributed by atoms with Crippen molar-refractivity contribution in [3.63, 3.8) is 0 Å². The summed E-state index contributed by atoms with van der Waals surface area (Å²) < 4.78 is 0. The highest BCUT2D eigenvalue weighted by atomic mass is 16.2. The van der Waals surface area contributed by atoms with E-state index >= 15 is 0 Å². The maximum absolute atomic E-state index is 11.8. The third kappa shape index (κ3) is 3.62. The molecule has 1 aromatic heterocycles. The Balaban J connectivity index is 1.59. The topological polar surface area (TPSA) is 83.1 Å². The van der Waals surface area contributed by atoms with E-state index in [1.807, 2.05) is 36.4 Å². The first kappa shape index (κ1) is 14.5. The van der Waals surface area contributed by atoms with Crippen molar-refractivity contribution in [3.05, 3.63) is 72.6 Å². The minimum Gasteiger partial charge on any atom is -0.307 e. The van der Waals surface area contributed by atoms with Gasteiger partial charge in [0.25, 0.3) is 5.91 Å². The van der Waals surface area contributed by atoms with Gasteiger partial charge in [-0.1, -0.05) is 30.3 Å². The van der Waals surface area contributed by atoms with E-state index in [-0.39, 0.29) is 0 Å².